The van der Waals surface area contributed by atoms with E-state index in [1.54, 1.807) is 0 Å². The van der Waals surface area contributed by atoms with Crippen LogP contribution >= 0.6 is 0 Å². The van der Waals surface area contributed by atoms with Gasteiger partial charge in [0.1, 0.15) is 0 Å². The Morgan fingerprint density at radius 2 is 2.17 bits per heavy atom. The van der Waals surface area contributed by atoms with Crippen LogP contribution in [0.15, 0.2) is 28.8 Å². The third-order valence-electron chi connectivity index (χ3n) is 4.52. The number of carbonyl (C=O) groups is 1. The van der Waals surface area contributed by atoms with E-state index >= 15 is 0 Å². The molecule has 0 radical (unpaired) electrons. The maximum Gasteiger partial charge on any atom is 0.227 e. The van der Waals surface area contributed by atoms with Crippen LogP contribution in [0.5, 0.6) is 0 Å². The predicted octanol–water partition coefficient (Wildman–Crippen LogP) is 3.71. The van der Waals surface area contributed by atoms with Crippen LogP contribution in [0.1, 0.15) is 74.3 Å². The Kier molecular flexibility index (Phi) is 5.28. The predicted molar refractivity (Wildman–Crippen MR) is 91.6 cm³/mol. The highest BCUT2D eigenvalue weighted by Gasteiger charge is 2.20. The topological polar surface area (TPSA) is 68.0 Å². The first-order chi connectivity index (χ1) is 11.6. The molecule has 1 aromatic carbocycles. The highest BCUT2D eigenvalue weighted by molar-refractivity contribution is 5.76. The van der Waals surface area contributed by atoms with Crippen molar-refractivity contribution in [3.8, 4) is 0 Å². The van der Waals surface area contributed by atoms with Crippen molar-refractivity contribution in [3.05, 3.63) is 47.1 Å². The van der Waals surface area contributed by atoms with Crippen LogP contribution in [0.4, 0.5) is 0 Å². The second-order valence-corrected chi connectivity index (χ2v) is 6.77. The third kappa shape index (κ3) is 4.02. The van der Waals surface area contributed by atoms with Crippen LogP contribution in [-0.4, -0.2) is 16.0 Å². The van der Waals surface area contributed by atoms with Crippen molar-refractivity contribution in [1.82, 2.24) is 15.5 Å². The lowest BCUT2D eigenvalue weighted by Crippen LogP contribution is -2.28. The van der Waals surface area contributed by atoms with Gasteiger partial charge in [-0.2, -0.15) is 4.98 Å². The Bertz CT molecular complexity index is 693. The fourth-order valence-corrected chi connectivity index (χ4v) is 3.16. The van der Waals surface area contributed by atoms with E-state index in [1.165, 1.54) is 17.5 Å². The zero-order chi connectivity index (χ0) is 16.9. The number of hydrogen-bond donors (Lipinski definition) is 1. The molecule has 2 aromatic rings. The first-order valence-corrected chi connectivity index (χ1v) is 8.83. The molecule has 1 amide bonds. The number of benzene rings is 1. The molecule has 0 aliphatic heterocycles. The molecule has 1 aliphatic carbocycles. The van der Waals surface area contributed by atoms with E-state index < -0.39 is 0 Å². The van der Waals surface area contributed by atoms with Gasteiger partial charge in [-0.05, 0) is 30.4 Å². The van der Waals surface area contributed by atoms with Crippen LogP contribution in [-0.2, 0) is 17.6 Å². The van der Waals surface area contributed by atoms with Gasteiger partial charge in [0.15, 0.2) is 5.82 Å². The van der Waals surface area contributed by atoms with Gasteiger partial charge in [0.05, 0.1) is 6.04 Å². The second kappa shape index (κ2) is 7.60. The van der Waals surface area contributed by atoms with Gasteiger partial charge in [-0.15, -0.1) is 0 Å². The Labute approximate surface area is 142 Å². The van der Waals surface area contributed by atoms with E-state index in [-0.39, 0.29) is 17.9 Å². The lowest BCUT2D eigenvalue weighted by Gasteiger charge is -2.19. The quantitative estimate of drug-likeness (QED) is 0.850. The molecule has 1 aliphatic rings. The summed E-state index contributed by atoms with van der Waals surface area (Å²) in [5.41, 5.74) is 2.63. The molecule has 1 N–H and O–H groups in total. The highest BCUT2D eigenvalue weighted by atomic mass is 16.5. The number of fused-ring (bicyclic) bond motifs is 1. The first kappa shape index (κ1) is 16.7. The van der Waals surface area contributed by atoms with Gasteiger partial charge in [0.2, 0.25) is 11.8 Å². The number of aromatic nitrogens is 2. The van der Waals surface area contributed by atoms with Crippen molar-refractivity contribution in [1.29, 1.82) is 0 Å². The van der Waals surface area contributed by atoms with E-state index in [1.807, 2.05) is 13.8 Å². The monoisotopic (exact) mass is 327 g/mol. The molecule has 24 heavy (non-hydrogen) atoms. The fraction of sp³-hybridized carbons (Fsp3) is 0.526. The van der Waals surface area contributed by atoms with Gasteiger partial charge < -0.3 is 9.84 Å². The minimum Gasteiger partial charge on any atom is -0.349 e. The molecule has 1 atom stereocenters. The summed E-state index contributed by atoms with van der Waals surface area (Å²) < 4.78 is 5.20. The van der Waals surface area contributed by atoms with Crippen molar-refractivity contribution < 1.29 is 9.32 Å². The molecule has 0 unspecified atom stereocenters. The number of rotatable bonds is 5. The van der Waals surface area contributed by atoms with Crippen molar-refractivity contribution in [3.63, 3.8) is 0 Å². The maximum atomic E-state index is 12.3. The summed E-state index contributed by atoms with van der Waals surface area (Å²) in [6.07, 6.45) is 5.28. The van der Waals surface area contributed by atoms with Gasteiger partial charge in [0, 0.05) is 18.8 Å². The molecular formula is C19H25N3O2. The minimum atomic E-state index is 0.0426. The van der Waals surface area contributed by atoms with Crippen LogP contribution in [0.25, 0.3) is 0 Å². The summed E-state index contributed by atoms with van der Waals surface area (Å²) in [7, 11) is 0. The third-order valence-corrected chi connectivity index (χ3v) is 4.52. The normalized spacial score (nSPS) is 17.4. The summed E-state index contributed by atoms with van der Waals surface area (Å²) >= 11 is 0. The van der Waals surface area contributed by atoms with E-state index in [9.17, 15) is 4.79 Å². The van der Waals surface area contributed by atoms with Gasteiger partial charge in [-0.25, -0.2) is 0 Å². The fourth-order valence-electron chi connectivity index (χ4n) is 3.16. The van der Waals surface area contributed by atoms with Crippen LogP contribution in [0.3, 0.4) is 0 Å². The van der Waals surface area contributed by atoms with Gasteiger partial charge in [0.25, 0.3) is 0 Å². The van der Waals surface area contributed by atoms with Crippen molar-refractivity contribution in [2.45, 2.75) is 64.3 Å². The van der Waals surface area contributed by atoms with Crippen molar-refractivity contribution >= 4 is 5.91 Å². The molecule has 5 heteroatoms. The highest BCUT2D eigenvalue weighted by Crippen LogP contribution is 2.28. The number of aryl methyl sites for hydroxylation is 2. The first-order valence-electron chi connectivity index (χ1n) is 8.83. The van der Waals surface area contributed by atoms with Crippen molar-refractivity contribution in [2.24, 2.45) is 0 Å². The zero-order valence-corrected chi connectivity index (χ0v) is 14.4. The second-order valence-electron chi connectivity index (χ2n) is 6.77. The summed E-state index contributed by atoms with van der Waals surface area (Å²) in [4.78, 5) is 16.7. The maximum absolute atomic E-state index is 12.3. The minimum absolute atomic E-state index is 0.0426. The number of carbonyl (C=O) groups excluding carboxylic acids is 1. The van der Waals surface area contributed by atoms with Crippen LogP contribution in [0, 0.1) is 0 Å². The van der Waals surface area contributed by atoms with Crippen molar-refractivity contribution in [2.75, 3.05) is 0 Å². The van der Waals surface area contributed by atoms with Gasteiger partial charge >= 0.3 is 0 Å². The molecule has 1 aromatic heterocycles. The Morgan fingerprint density at radius 1 is 1.33 bits per heavy atom. The smallest absolute Gasteiger partial charge is 0.227 e. The molecule has 0 saturated heterocycles. The van der Waals surface area contributed by atoms with E-state index in [4.69, 9.17) is 4.52 Å². The number of nitrogens with one attached hydrogen (secondary N) is 1. The summed E-state index contributed by atoms with van der Waals surface area (Å²) in [6.45, 7) is 4.04. The Hall–Kier alpha value is -2.17. The lowest BCUT2D eigenvalue weighted by atomic mass is 9.99. The molecule has 128 valence electrons. The van der Waals surface area contributed by atoms with E-state index in [2.05, 4.69) is 39.7 Å². The van der Waals surface area contributed by atoms with Crippen LogP contribution < -0.4 is 5.32 Å². The number of amides is 1. The summed E-state index contributed by atoms with van der Waals surface area (Å²) in [5.74, 6) is 1.51. The lowest BCUT2D eigenvalue weighted by molar-refractivity contribution is -0.121. The molecule has 0 fully saturated rings. The Balaban J connectivity index is 1.58. The SMILES string of the molecule is CC(C)c1noc(CCC(=O)N[C@H]2CCCCc3ccccc32)n1. The molecule has 0 bridgehead atoms. The number of nitrogens with zero attached hydrogens (tertiary/aromatic N) is 2. The zero-order valence-electron chi connectivity index (χ0n) is 14.4. The Morgan fingerprint density at radius 3 is 2.96 bits per heavy atom. The largest absolute Gasteiger partial charge is 0.349 e. The molecule has 1 heterocycles. The standard InChI is InChI=1S/C19H25N3O2/c1-13(2)19-21-18(24-22-19)12-11-17(23)20-16-10-6-4-8-14-7-3-5-9-15(14)16/h3,5,7,9,13,16H,4,6,8,10-12H2,1-2H3,(H,20,23)/t16-/m0/s1. The van der Waals surface area contributed by atoms with Gasteiger partial charge in [-0.1, -0.05) is 49.7 Å². The molecular weight excluding hydrogens is 302 g/mol. The average Bonchev–Trinajstić information content (AvgIpc) is 2.97. The molecule has 3 rings (SSSR count). The number of hydrogen-bond acceptors (Lipinski definition) is 4. The van der Waals surface area contributed by atoms with E-state index in [0.29, 0.717) is 24.6 Å². The summed E-state index contributed by atoms with van der Waals surface area (Å²) in [6, 6.07) is 8.55. The average molecular weight is 327 g/mol. The van der Waals surface area contributed by atoms with Gasteiger partial charge in [-0.3, -0.25) is 4.79 Å². The van der Waals surface area contributed by atoms with E-state index in [0.717, 1.165) is 19.3 Å². The molecule has 0 spiro atoms. The molecule has 5 nitrogen and oxygen atoms in total. The summed E-state index contributed by atoms with van der Waals surface area (Å²) in [5, 5.41) is 7.12. The molecule has 0 saturated carbocycles. The van der Waals surface area contributed by atoms with Crippen LogP contribution in [0.2, 0.25) is 0 Å².